The van der Waals surface area contributed by atoms with Crippen LogP contribution >= 0.6 is 27.7 Å². The first-order chi connectivity index (χ1) is 10.3. The molecule has 110 valence electrons. The van der Waals surface area contributed by atoms with Gasteiger partial charge in [0.1, 0.15) is 11.6 Å². The molecule has 1 aliphatic rings. The molecule has 2 heterocycles. The average molecular weight is 366 g/mol. The van der Waals surface area contributed by atoms with E-state index in [0.717, 1.165) is 46.2 Å². The third-order valence-electron chi connectivity index (χ3n) is 3.29. The maximum absolute atomic E-state index is 5.49. The first-order valence-corrected chi connectivity index (χ1v) is 8.56. The molecule has 0 saturated carbocycles. The second-order valence-electron chi connectivity index (χ2n) is 4.71. The first-order valence-electron chi connectivity index (χ1n) is 6.79. The second kappa shape index (κ2) is 6.77. The average Bonchev–Trinajstić information content (AvgIpc) is 2.53. The molecule has 0 aliphatic carbocycles. The van der Waals surface area contributed by atoms with Crippen LogP contribution in [0.5, 0.6) is 0 Å². The van der Waals surface area contributed by atoms with Crippen LogP contribution in [-0.2, 0) is 23.5 Å². The summed E-state index contributed by atoms with van der Waals surface area (Å²) in [4.78, 5) is 10.5. The monoisotopic (exact) mass is 365 g/mol. The van der Waals surface area contributed by atoms with Crippen molar-refractivity contribution in [2.45, 2.75) is 23.7 Å². The third kappa shape index (κ3) is 3.56. The molecular formula is C15H16BrN3OS. The van der Waals surface area contributed by atoms with Crippen LogP contribution < -0.4 is 5.32 Å². The molecule has 1 aromatic heterocycles. The van der Waals surface area contributed by atoms with Gasteiger partial charge >= 0.3 is 0 Å². The van der Waals surface area contributed by atoms with E-state index in [1.807, 2.05) is 19.2 Å². The first kappa shape index (κ1) is 14.8. The Morgan fingerprint density at radius 1 is 1.29 bits per heavy atom. The maximum atomic E-state index is 5.49. The highest BCUT2D eigenvalue weighted by Gasteiger charge is 2.17. The van der Waals surface area contributed by atoms with Crippen LogP contribution in [0, 0.1) is 0 Å². The zero-order valence-electron chi connectivity index (χ0n) is 11.7. The Morgan fingerprint density at radius 3 is 2.86 bits per heavy atom. The summed E-state index contributed by atoms with van der Waals surface area (Å²) in [5, 5.41) is 3.15. The highest BCUT2D eigenvalue weighted by atomic mass is 79.9. The Hall–Kier alpha value is -1.11. The van der Waals surface area contributed by atoms with Crippen LogP contribution in [0.4, 0.5) is 5.82 Å². The fraction of sp³-hybridized carbons (Fsp3) is 0.333. The summed E-state index contributed by atoms with van der Waals surface area (Å²) in [6, 6.07) is 8.29. The number of halogens is 1. The molecule has 0 amide bonds. The summed E-state index contributed by atoms with van der Waals surface area (Å²) in [6.45, 7) is 1.35. The van der Waals surface area contributed by atoms with E-state index < -0.39 is 0 Å². The minimum Gasteiger partial charge on any atom is -0.376 e. The van der Waals surface area contributed by atoms with Crippen LogP contribution in [0.1, 0.15) is 17.1 Å². The van der Waals surface area contributed by atoms with E-state index in [0.29, 0.717) is 6.61 Å². The van der Waals surface area contributed by atoms with Crippen molar-refractivity contribution in [2.24, 2.45) is 0 Å². The number of thioether (sulfide) groups is 1. The molecule has 0 saturated heterocycles. The van der Waals surface area contributed by atoms with Crippen molar-refractivity contribution in [3.8, 4) is 0 Å². The minimum absolute atomic E-state index is 0.603. The smallest absolute Gasteiger partial charge is 0.141 e. The Kier molecular flexibility index (Phi) is 4.77. The molecule has 6 heteroatoms. The predicted molar refractivity (Wildman–Crippen MR) is 88.6 cm³/mol. The highest BCUT2D eigenvalue weighted by molar-refractivity contribution is 9.10. The standard InChI is InChI=1S/C15H16BrN3OS/c1-17-15-12-8-20-7-6-13(12)18-14(19-15)9-21-11-4-2-10(16)3-5-11/h2-5H,6-9H2,1H3,(H,17,18,19). The number of benzene rings is 1. The van der Waals surface area contributed by atoms with Crippen molar-refractivity contribution >= 4 is 33.5 Å². The molecule has 0 radical (unpaired) electrons. The van der Waals surface area contributed by atoms with Gasteiger partial charge in [0.25, 0.3) is 0 Å². The van der Waals surface area contributed by atoms with Crippen LogP contribution in [0.15, 0.2) is 33.6 Å². The lowest BCUT2D eigenvalue weighted by Crippen LogP contribution is -2.16. The number of aromatic nitrogens is 2. The van der Waals surface area contributed by atoms with E-state index in [1.165, 1.54) is 4.90 Å². The van der Waals surface area contributed by atoms with Crippen LogP contribution in [0.2, 0.25) is 0 Å². The molecule has 1 aliphatic heterocycles. The Bertz CT molecular complexity index is 616. The molecule has 0 spiro atoms. The van der Waals surface area contributed by atoms with Gasteiger partial charge in [0.2, 0.25) is 0 Å². The van der Waals surface area contributed by atoms with E-state index in [1.54, 1.807) is 11.8 Å². The molecule has 3 rings (SSSR count). The van der Waals surface area contributed by atoms with Gasteiger partial charge in [-0.15, -0.1) is 11.8 Å². The summed E-state index contributed by atoms with van der Waals surface area (Å²) in [6.07, 6.45) is 0.864. The zero-order valence-corrected chi connectivity index (χ0v) is 14.1. The zero-order chi connectivity index (χ0) is 14.7. The van der Waals surface area contributed by atoms with Gasteiger partial charge in [-0.25, -0.2) is 9.97 Å². The lowest BCUT2D eigenvalue weighted by atomic mass is 10.1. The molecule has 21 heavy (non-hydrogen) atoms. The van der Waals surface area contributed by atoms with Gasteiger partial charge in [0, 0.05) is 28.4 Å². The summed E-state index contributed by atoms with van der Waals surface area (Å²) in [7, 11) is 1.89. The van der Waals surface area contributed by atoms with Crippen LogP contribution in [0.3, 0.4) is 0 Å². The van der Waals surface area contributed by atoms with Gasteiger partial charge in [-0.05, 0) is 24.3 Å². The molecule has 0 bridgehead atoms. The van der Waals surface area contributed by atoms with Crippen molar-refractivity contribution < 1.29 is 4.74 Å². The van der Waals surface area contributed by atoms with Gasteiger partial charge in [0.15, 0.2) is 0 Å². The van der Waals surface area contributed by atoms with E-state index in [-0.39, 0.29) is 0 Å². The molecule has 0 fully saturated rings. The highest BCUT2D eigenvalue weighted by Crippen LogP contribution is 2.26. The van der Waals surface area contributed by atoms with Gasteiger partial charge in [0.05, 0.1) is 24.7 Å². The molecule has 1 aromatic carbocycles. The van der Waals surface area contributed by atoms with E-state index in [9.17, 15) is 0 Å². The predicted octanol–water partition coefficient (Wildman–Crippen LogP) is 3.65. The summed E-state index contributed by atoms with van der Waals surface area (Å²) < 4.78 is 6.58. The quantitative estimate of drug-likeness (QED) is 0.837. The van der Waals surface area contributed by atoms with E-state index >= 15 is 0 Å². The molecule has 4 nitrogen and oxygen atoms in total. The Morgan fingerprint density at radius 2 is 2.10 bits per heavy atom. The molecule has 1 N–H and O–H groups in total. The Labute approximate surface area is 136 Å². The van der Waals surface area contributed by atoms with Crippen LogP contribution in [0.25, 0.3) is 0 Å². The number of rotatable bonds is 4. The van der Waals surface area contributed by atoms with Crippen LogP contribution in [-0.4, -0.2) is 23.6 Å². The van der Waals surface area contributed by atoms with Gasteiger partial charge in [-0.2, -0.15) is 0 Å². The van der Waals surface area contributed by atoms with Gasteiger partial charge in [-0.1, -0.05) is 15.9 Å². The fourth-order valence-corrected chi connectivity index (χ4v) is 3.25. The number of ether oxygens (including phenoxy) is 1. The lowest BCUT2D eigenvalue weighted by molar-refractivity contribution is 0.109. The SMILES string of the molecule is CNc1nc(CSc2ccc(Br)cc2)nc2c1COCC2. The lowest BCUT2D eigenvalue weighted by Gasteiger charge is -2.19. The second-order valence-corrected chi connectivity index (χ2v) is 6.67. The third-order valence-corrected chi connectivity index (χ3v) is 4.82. The number of nitrogens with zero attached hydrogens (tertiary/aromatic N) is 2. The van der Waals surface area contributed by atoms with Crippen molar-refractivity contribution in [3.63, 3.8) is 0 Å². The topological polar surface area (TPSA) is 47.0 Å². The summed E-state index contributed by atoms with van der Waals surface area (Å²) in [5.41, 5.74) is 2.22. The van der Waals surface area contributed by atoms with Crippen molar-refractivity contribution in [2.75, 3.05) is 19.0 Å². The summed E-state index contributed by atoms with van der Waals surface area (Å²) >= 11 is 5.19. The van der Waals surface area contributed by atoms with Gasteiger partial charge in [-0.3, -0.25) is 0 Å². The summed E-state index contributed by atoms with van der Waals surface area (Å²) in [5.74, 6) is 2.53. The maximum Gasteiger partial charge on any atom is 0.141 e. The van der Waals surface area contributed by atoms with Gasteiger partial charge < -0.3 is 10.1 Å². The molecule has 0 unspecified atom stereocenters. The number of hydrogen-bond donors (Lipinski definition) is 1. The number of hydrogen-bond acceptors (Lipinski definition) is 5. The van der Waals surface area contributed by atoms with Crippen molar-refractivity contribution in [1.82, 2.24) is 9.97 Å². The van der Waals surface area contributed by atoms with E-state index in [2.05, 4.69) is 38.4 Å². The largest absolute Gasteiger partial charge is 0.376 e. The molecular weight excluding hydrogens is 350 g/mol. The normalized spacial score (nSPS) is 13.8. The minimum atomic E-state index is 0.603. The molecule has 0 atom stereocenters. The van der Waals surface area contributed by atoms with Crippen molar-refractivity contribution in [1.29, 1.82) is 0 Å². The van der Waals surface area contributed by atoms with E-state index in [4.69, 9.17) is 9.72 Å². The Balaban J connectivity index is 1.77. The number of anilines is 1. The number of fused-ring (bicyclic) bond motifs is 1. The molecule has 2 aromatic rings. The van der Waals surface area contributed by atoms with Crippen molar-refractivity contribution in [3.05, 3.63) is 45.8 Å². The fourth-order valence-electron chi connectivity index (χ4n) is 2.23. The number of nitrogens with one attached hydrogen (secondary N) is 1.